The van der Waals surface area contributed by atoms with E-state index >= 15 is 0 Å². The molecule has 1 aromatic rings. The SMILES string of the molecule is C[C@@H](Oc1ccc(S(=O)(=O)NCCO)cc1)C(=O)NC1CCCCC1. The van der Waals surface area contributed by atoms with Crippen LogP contribution in [0.4, 0.5) is 0 Å². The Kier molecular flexibility index (Phi) is 7.22. The third-order valence-corrected chi connectivity index (χ3v) is 5.65. The smallest absolute Gasteiger partial charge is 0.260 e. The number of aliphatic hydroxyl groups excluding tert-OH is 1. The van der Waals surface area contributed by atoms with Crippen LogP contribution >= 0.6 is 0 Å². The van der Waals surface area contributed by atoms with Crippen LogP contribution in [0.1, 0.15) is 39.0 Å². The first-order chi connectivity index (χ1) is 11.9. The van der Waals surface area contributed by atoms with Gasteiger partial charge in [-0.15, -0.1) is 0 Å². The summed E-state index contributed by atoms with van der Waals surface area (Å²) in [5.41, 5.74) is 0. The minimum Gasteiger partial charge on any atom is -0.481 e. The van der Waals surface area contributed by atoms with E-state index < -0.39 is 16.1 Å². The molecule has 1 saturated carbocycles. The molecule has 0 radical (unpaired) electrons. The van der Waals surface area contributed by atoms with Crippen molar-refractivity contribution in [2.75, 3.05) is 13.2 Å². The maximum absolute atomic E-state index is 12.2. The Morgan fingerprint density at radius 3 is 2.48 bits per heavy atom. The quantitative estimate of drug-likeness (QED) is 0.637. The van der Waals surface area contributed by atoms with Crippen LogP contribution in [-0.4, -0.2) is 44.7 Å². The van der Waals surface area contributed by atoms with Crippen molar-refractivity contribution >= 4 is 15.9 Å². The molecule has 7 nitrogen and oxygen atoms in total. The molecule has 25 heavy (non-hydrogen) atoms. The highest BCUT2D eigenvalue weighted by atomic mass is 32.2. The molecule has 0 aliphatic heterocycles. The van der Waals surface area contributed by atoms with Crippen LogP contribution in [-0.2, 0) is 14.8 Å². The molecule has 1 aromatic carbocycles. The molecular formula is C17H26N2O5S. The Bertz CT molecular complexity index is 654. The number of rotatable bonds is 8. The van der Waals surface area contributed by atoms with Crippen molar-refractivity contribution in [3.8, 4) is 5.75 Å². The van der Waals surface area contributed by atoms with Gasteiger partial charge in [-0.2, -0.15) is 0 Å². The standard InChI is InChI=1S/C17H26N2O5S/c1-13(17(21)19-14-5-3-2-4-6-14)24-15-7-9-16(10-8-15)25(22,23)18-11-12-20/h7-10,13-14,18,20H,2-6,11-12H2,1H3,(H,19,21)/t13-/m1/s1. The van der Waals surface area contributed by atoms with Gasteiger partial charge in [-0.05, 0) is 44.0 Å². The second-order valence-corrected chi connectivity index (χ2v) is 7.96. The zero-order chi connectivity index (χ0) is 18.3. The summed E-state index contributed by atoms with van der Waals surface area (Å²) < 4.78 is 31.7. The second kappa shape index (κ2) is 9.17. The van der Waals surface area contributed by atoms with Crippen LogP contribution in [0, 0.1) is 0 Å². The van der Waals surface area contributed by atoms with E-state index in [1.54, 1.807) is 6.92 Å². The van der Waals surface area contributed by atoms with Gasteiger partial charge in [0.05, 0.1) is 11.5 Å². The minimum absolute atomic E-state index is 0.0427. The molecule has 8 heteroatoms. The van der Waals surface area contributed by atoms with Gasteiger partial charge in [-0.3, -0.25) is 4.79 Å². The largest absolute Gasteiger partial charge is 0.481 e. The van der Waals surface area contributed by atoms with Gasteiger partial charge in [0.2, 0.25) is 10.0 Å². The van der Waals surface area contributed by atoms with E-state index in [0.717, 1.165) is 25.7 Å². The maximum atomic E-state index is 12.2. The first-order valence-corrected chi connectivity index (χ1v) is 10.1. The lowest BCUT2D eigenvalue weighted by Crippen LogP contribution is -2.43. The number of carbonyl (C=O) groups is 1. The fourth-order valence-corrected chi connectivity index (χ4v) is 3.80. The van der Waals surface area contributed by atoms with E-state index in [1.807, 2.05) is 0 Å². The Morgan fingerprint density at radius 1 is 1.24 bits per heavy atom. The fraction of sp³-hybridized carbons (Fsp3) is 0.588. The monoisotopic (exact) mass is 370 g/mol. The highest BCUT2D eigenvalue weighted by molar-refractivity contribution is 7.89. The first kappa shape index (κ1) is 19.7. The van der Waals surface area contributed by atoms with Crippen LogP contribution in [0.2, 0.25) is 0 Å². The lowest BCUT2D eigenvalue weighted by Gasteiger charge is -2.24. The molecule has 0 bridgehead atoms. The summed E-state index contributed by atoms with van der Waals surface area (Å²) in [6, 6.07) is 6.05. The molecule has 140 valence electrons. The Labute approximate surface area is 148 Å². The zero-order valence-electron chi connectivity index (χ0n) is 14.4. The Morgan fingerprint density at radius 2 is 1.88 bits per heavy atom. The number of sulfonamides is 1. The molecule has 1 fully saturated rings. The van der Waals surface area contributed by atoms with Gasteiger partial charge >= 0.3 is 0 Å². The van der Waals surface area contributed by atoms with Gasteiger partial charge in [0.15, 0.2) is 6.10 Å². The van der Waals surface area contributed by atoms with Gasteiger partial charge in [-0.25, -0.2) is 13.1 Å². The molecule has 1 aliphatic carbocycles. The molecule has 0 saturated heterocycles. The predicted octanol–water partition coefficient (Wildman–Crippen LogP) is 1.17. The van der Waals surface area contributed by atoms with Crippen molar-refractivity contribution in [1.29, 1.82) is 0 Å². The molecule has 2 rings (SSSR count). The highest BCUT2D eigenvalue weighted by Gasteiger charge is 2.21. The lowest BCUT2D eigenvalue weighted by molar-refractivity contribution is -0.128. The van der Waals surface area contributed by atoms with Crippen molar-refractivity contribution in [1.82, 2.24) is 10.0 Å². The van der Waals surface area contributed by atoms with Crippen LogP contribution in [0.15, 0.2) is 29.2 Å². The minimum atomic E-state index is -3.65. The van der Waals surface area contributed by atoms with E-state index in [1.165, 1.54) is 30.7 Å². The Hall–Kier alpha value is -1.64. The molecule has 1 aliphatic rings. The lowest BCUT2D eigenvalue weighted by atomic mass is 9.95. The van der Waals surface area contributed by atoms with Crippen molar-refractivity contribution in [2.45, 2.75) is 56.1 Å². The predicted molar refractivity (Wildman–Crippen MR) is 93.8 cm³/mol. The third-order valence-electron chi connectivity index (χ3n) is 4.17. The van der Waals surface area contributed by atoms with Crippen LogP contribution in [0.3, 0.4) is 0 Å². The zero-order valence-corrected chi connectivity index (χ0v) is 15.2. The van der Waals surface area contributed by atoms with Gasteiger partial charge < -0.3 is 15.2 Å². The van der Waals surface area contributed by atoms with Gasteiger partial charge in [0.1, 0.15) is 5.75 Å². The summed E-state index contributed by atoms with van der Waals surface area (Å²) in [5, 5.41) is 11.7. The van der Waals surface area contributed by atoms with E-state index in [9.17, 15) is 13.2 Å². The van der Waals surface area contributed by atoms with E-state index in [2.05, 4.69) is 10.0 Å². The second-order valence-electron chi connectivity index (χ2n) is 6.20. The number of hydrogen-bond acceptors (Lipinski definition) is 5. The van der Waals surface area contributed by atoms with Crippen LogP contribution in [0.25, 0.3) is 0 Å². The first-order valence-electron chi connectivity index (χ1n) is 8.60. The van der Waals surface area contributed by atoms with E-state index in [4.69, 9.17) is 9.84 Å². The summed E-state index contributed by atoms with van der Waals surface area (Å²) >= 11 is 0. The van der Waals surface area contributed by atoms with Crippen molar-refractivity contribution < 1.29 is 23.1 Å². The van der Waals surface area contributed by atoms with Crippen LogP contribution in [0.5, 0.6) is 5.75 Å². The summed E-state index contributed by atoms with van der Waals surface area (Å²) in [7, 11) is -3.65. The van der Waals surface area contributed by atoms with Gasteiger partial charge in [0.25, 0.3) is 5.91 Å². The summed E-state index contributed by atoms with van der Waals surface area (Å²) in [6.07, 6.45) is 4.86. The van der Waals surface area contributed by atoms with Crippen molar-refractivity contribution in [3.05, 3.63) is 24.3 Å². The average molecular weight is 370 g/mol. The molecule has 1 amide bonds. The summed E-state index contributed by atoms with van der Waals surface area (Å²) in [4.78, 5) is 12.3. The highest BCUT2D eigenvalue weighted by Crippen LogP contribution is 2.19. The van der Waals surface area contributed by atoms with Gasteiger partial charge in [-0.1, -0.05) is 19.3 Å². The number of aliphatic hydroxyl groups is 1. The number of carbonyl (C=O) groups excluding carboxylic acids is 1. The number of nitrogens with one attached hydrogen (secondary N) is 2. The summed E-state index contributed by atoms with van der Waals surface area (Å²) in [5.74, 6) is 0.264. The molecule has 3 N–H and O–H groups in total. The molecular weight excluding hydrogens is 344 g/mol. The Balaban J connectivity index is 1.90. The summed E-state index contributed by atoms with van der Waals surface area (Å²) in [6.45, 7) is 1.36. The normalized spacial score (nSPS) is 17.0. The maximum Gasteiger partial charge on any atom is 0.260 e. The number of hydrogen-bond donors (Lipinski definition) is 3. The van der Waals surface area contributed by atoms with Crippen molar-refractivity contribution in [2.24, 2.45) is 0 Å². The molecule has 0 aromatic heterocycles. The topological polar surface area (TPSA) is 105 Å². The molecule has 1 atom stereocenters. The number of ether oxygens (including phenoxy) is 1. The van der Waals surface area contributed by atoms with Gasteiger partial charge in [0, 0.05) is 12.6 Å². The fourth-order valence-electron chi connectivity index (χ4n) is 2.78. The van der Waals surface area contributed by atoms with E-state index in [-0.39, 0.29) is 30.0 Å². The number of benzene rings is 1. The van der Waals surface area contributed by atoms with E-state index in [0.29, 0.717) is 5.75 Å². The van der Waals surface area contributed by atoms with Crippen molar-refractivity contribution in [3.63, 3.8) is 0 Å². The number of amides is 1. The molecule has 0 unspecified atom stereocenters. The molecule has 0 spiro atoms. The average Bonchev–Trinajstić information content (AvgIpc) is 2.61. The third kappa shape index (κ3) is 5.98. The van der Waals surface area contributed by atoms with Crippen LogP contribution < -0.4 is 14.8 Å². The molecule has 0 heterocycles.